The minimum absolute atomic E-state index is 0.127. The minimum Gasteiger partial charge on any atom is -0.353 e. The van der Waals surface area contributed by atoms with Gasteiger partial charge in [-0.3, -0.25) is 4.79 Å². The van der Waals surface area contributed by atoms with E-state index in [2.05, 4.69) is 43.5 Å². The molecule has 2 N–H and O–H groups in total. The monoisotopic (exact) mass is 269 g/mol. The minimum atomic E-state index is 0.127. The molecule has 0 aromatic rings. The Balaban J connectivity index is 2.19. The first kappa shape index (κ1) is 16.4. The highest BCUT2D eigenvalue weighted by Gasteiger charge is 2.17. The van der Waals surface area contributed by atoms with Crippen LogP contribution in [-0.2, 0) is 4.79 Å². The first-order valence-corrected chi connectivity index (χ1v) is 7.65. The number of hydrogen-bond donors (Lipinski definition) is 2. The SMILES string of the molecule is CC(C)CC(CNC(=O)CNC1CCCC1)N(C)C. The van der Waals surface area contributed by atoms with Gasteiger partial charge >= 0.3 is 0 Å². The van der Waals surface area contributed by atoms with Crippen molar-refractivity contribution in [1.29, 1.82) is 0 Å². The van der Waals surface area contributed by atoms with Gasteiger partial charge in [-0.25, -0.2) is 0 Å². The Hall–Kier alpha value is -0.610. The second-order valence-electron chi connectivity index (χ2n) is 6.41. The summed E-state index contributed by atoms with van der Waals surface area (Å²) >= 11 is 0. The van der Waals surface area contributed by atoms with Crippen LogP contribution < -0.4 is 10.6 Å². The van der Waals surface area contributed by atoms with Gasteiger partial charge < -0.3 is 15.5 Å². The molecular formula is C15H31N3O. The lowest BCUT2D eigenvalue weighted by Gasteiger charge is -2.26. The van der Waals surface area contributed by atoms with Crippen LogP contribution in [0, 0.1) is 5.92 Å². The van der Waals surface area contributed by atoms with E-state index in [1.807, 2.05) is 0 Å². The average Bonchev–Trinajstić information content (AvgIpc) is 2.84. The van der Waals surface area contributed by atoms with Crippen molar-refractivity contribution in [3.8, 4) is 0 Å². The molecule has 19 heavy (non-hydrogen) atoms. The Morgan fingerprint density at radius 1 is 1.26 bits per heavy atom. The van der Waals surface area contributed by atoms with Gasteiger partial charge in [0.2, 0.25) is 5.91 Å². The van der Waals surface area contributed by atoms with Crippen LogP contribution in [-0.4, -0.2) is 50.1 Å². The molecule has 0 aromatic carbocycles. The maximum absolute atomic E-state index is 11.8. The molecule has 0 aliphatic heterocycles. The largest absolute Gasteiger partial charge is 0.353 e. The zero-order valence-electron chi connectivity index (χ0n) is 13.0. The summed E-state index contributed by atoms with van der Waals surface area (Å²) in [5.74, 6) is 0.781. The molecule has 1 amide bonds. The maximum atomic E-state index is 11.8. The predicted molar refractivity (Wildman–Crippen MR) is 80.2 cm³/mol. The Morgan fingerprint density at radius 2 is 1.89 bits per heavy atom. The number of nitrogens with zero attached hydrogens (tertiary/aromatic N) is 1. The normalized spacial score (nSPS) is 18.2. The van der Waals surface area contributed by atoms with Crippen molar-refractivity contribution < 1.29 is 4.79 Å². The van der Waals surface area contributed by atoms with Crippen LogP contribution in [0.2, 0.25) is 0 Å². The van der Waals surface area contributed by atoms with Gasteiger partial charge in [-0.05, 0) is 39.3 Å². The van der Waals surface area contributed by atoms with Crippen LogP contribution in [0.25, 0.3) is 0 Å². The fourth-order valence-corrected chi connectivity index (χ4v) is 2.68. The highest BCUT2D eigenvalue weighted by molar-refractivity contribution is 5.78. The highest BCUT2D eigenvalue weighted by atomic mass is 16.1. The van der Waals surface area contributed by atoms with E-state index in [9.17, 15) is 4.79 Å². The summed E-state index contributed by atoms with van der Waals surface area (Å²) in [5.41, 5.74) is 0. The van der Waals surface area contributed by atoms with Crippen LogP contribution >= 0.6 is 0 Å². The second-order valence-corrected chi connectivity index (χ2v) is 6.41. The summed E-state index contributed by atoms with van der Waals surface area (Å²) in [6.07, 6.45) is 6.16. The van der Waals surface area contributed by atoms with Gasteiger partial charge in [0, 0.05) is 18.6 Å². The number of amides is 1. The molecule has 0 saturated heterocycles. The molecule has 1 saturated carbocycles. The van der Waals surface area contributed by atoms with Gasteiger partial charge in [-0.1, -0.05) is 26.7 Å². The summed E-state index contributed by atoms with van der Waals surface area (Å²) in [4.78, 5) is 14.0. The lowest BCUT2D eigenvalue weighted by molar-refractivity contribution is -0.120. The van der Waals surface area contributed by atoms with E-state index in [4.69, 9.17) is 0 Å². The fourth-order valence-electron chi connectivity index (χ4n) is 2.68. The maximum Gasteiger partial charge on any atom is 0.234 e. The molecule has 1 rings (SSSR count). The Bertz CT molecular complexity index is 260. The summed E-state index contributed by atoms with van der Waals surface area (Å²) in [6, 6.07) is 0.987. The third kappa shape index (κ3) is 6.92. The van der Waals surface area contributed by atoms with Crippen molar-refractivity contribution in [1.82, 2.24) is 15.5 Å². The molecule has 1 aliphatic carbocycles. The third-order valence-electron chi connectivity index (χ3n) is 3.92. The van der Waals surface area contributed by atoms with E-state index in [0.29, 0.717) is 24.5 Å². The molecule has 1 aliphatic rings. The van der Waals surface area contributed by atoms with Crippen molar-refractivity contribution >= 4 is 5.91 Å². The van der Waals surface area contributed by atoms with Crippen LogP contribution in [0.1, 0.15) is 46.0 Å². The summed E-state index contributed by atoms with van der Waals surface area (Å²) in [6.45, 7) is 5.66. The zero-order chi connectivity index (χ0) is 14.3. The molecule has 0 heterocycles. The Kier molecular flexibility index (Phi) is 7.39. The molecule has 1 unspecified atom stereocenters. The van der Waals surface area contributed by atoms with E-state index in [0.717, 1.165) is 13.0 Å². The lowest BCUT2D eigenvalue weighted by Crippen LogP contribution is -2.44. The number of carbonyl (C=O) groups excluding carboxylic acids is 1. The van der Waals surface area contributed by atoms with Crippen molar-refractivity contribution in [3.63, 3.8) is 0 Å². The molecule has 0 aromatic heterocycles. The standard InChI is InChI=1S/C15H31N3O/c1-12(2)9-14(18(3)4)10-17-15(19)11-16-13-7-5-6-8-13/h12-14,16H,5-11H2,1-4H3,(H,17,19). The van der Waals surface area contributed by atoms with Gasteiger partial charge in [-0.15, -0.1) is 0 Å². The van der Waals surface area contributed by atoms with Crippen molar-refractivity contribution in [3.05, 3.63) is 0 Å². The summed E-state index contributed by atoms with van der Waals surface area (Å²) < 4.78 is 0. The van der Waals surface area contributed by atoms with Crippen LogP contribution in [0.5, 0.6) is 0 Å². The van der Waals surface area contributed by atoms with E-state index >= 15 is 0 Å². The second kappa shape index (κ2) is 8.54. The molecule has 1 atom stereocenters. The number of rotatable bonds is 8. The molecule has 1 fully saturated rings. The van der Waals surface area contributed by atoms with Crippen LogP contribution in [0.3, 0.4) is 0 Å². The predicted octanol–water partition coefficient (Wildman–Crippen LogP) is 1.61. The summed E-state index contributed by atoms with van der Waals surface area (Å²) in [5, 5.41) is 6.40. The molecule has 0 spiro atoms. The Labute approximate surface area is 118 Å². The number of hydrogen-bond acceptors (Lipinski definition) is 3. The molecule has 4 nitrogen and oxygen atoms in total. The molecule has 4 heteroatoms. The number of carbonyl (C=O) groups is 1. The highest BCUT2D eigenvalue weighted by Crippen LogP contribution is 2.17. The van der Waals surface area contributed by atoms with E-state index in [1.54, 1.807) is 0 Å². The zero-order valence-corrected chi connectivity index (χ0v) is 13.0. The van der Waals surface area contributed by atoms with E-state index in [-0.39, 0.29) is 5.91 Å². The van der Waals surface area contributed by atoms with Gasteiger partial charge in [0.25, 0.3) is 0 Å². The quantitative estimate of drug-likeness (QED) is 0.704. The number of nitrogens with one attached hydrogen (secondary N) is 2. The van der Waals surface area contributed by atoms with Crippen LogP contribution in [0.15, 0.2) is 0 Å². The van der Waals surface area contributed by atoms with E-state index in [1.165, 1.54) is 25.7 Å². The fraction of sp³-hybridized carbons (Fsp3) is 0.933. The first-order chi connectivity index (χ1) is 8.99. The molecular weight excluding hydrogens is 238 g/mol. The van der Waals surface area contributed by atoms with E-state index < -0.39 is 0 Å². The van der Waals surface area contributed by atoms with Gasteiger partial charge in [0.05, 0.1) is 6.54 Å². The third-order valence-corrected chi connectivity index (χ3v) is 3.92. The van der Waals surface area contributed by atoms with Gasteiger partial charge in [0.15, 0.2) is 0 Å². The van der Waals surface area contributed by atoms with Crippen molar-refractivity contribution in [2.75, 3.05) is 27.2 Å². The number of likely N-dealkylation sites (N-methyl/N-ethyl adjacent to an activating group) is 1. The van der Waals surface area contributed by atoms with Crippen LogP contribution in [0.4, 0.5) is 0 Å². The summed E-state index contributed by atoms with van der Waals surface area (Å²) in [7, 11) is 4.16. The molecule has 0 radical (unpaired) electrons. The first-order valence-electron chi connectivity index (χ1n) is 7.65. The topological polar surface area (TPSA) is 44.4 Å². The Morgan fingerprint density at radius 3 is 2.42 bits per heavy atom. The smallest absolute Gasteiger partial charge is 0.234 e. The van der Waals surface area contributed by atoms with Gasteiger partial charge in [-0.2, -0.15) is 0 Å². The van der Waals surface area contributed by atoms with Gasteiger partial charge in [0.1, 0.15) is 0 Å². The van der Waals surface area contributed by atoms with Crippen molar-refractivity contribution in [2.45, 2.75) is 58.0 Å². The lowest BCUT2D eigenvalue weighted by atomic mass is 10.0. The molecule has 0 bridgehead atoms. The van der Waals surface area contributed by atoms with Crippen molar-refractivity contribution in [2.24, 2.45) is 5.92 Å². The molecule has 112 valence electrons. The average molecular weight is 269 g/mol.